The minimum Gasteiger partial charge on any atom is -0.504 e. The van der Waals surface area contributed by atoms with Gasteiger partial charge in [0.2, 0.25) is 0 Å². The maximum atomic E-state index is 9.60. The zero-order chi connectivity index (χ0) is 11.5. The van der Waals surface area contributed by atoms with Gasteiger partial charge in [0, 0.05) is 0 Å². The highest BCUT2D eigenvalue weighted by atomic mass is 16.5. The van der Waals surface area contributed by atoms with Crippen molar-refractivity contribution < 1.29 is 9.84 Å². The lowest BCUT2D eigenvalue weighted by molar-refractivity contribution is 0.365. The van der Waals surface area contributed by atoms with E-state index in [2.05, 4.69) is 13.8 Å². The van der Waals surface area contributed by atoms with Gasteiger partial charge in [-0.2, -0.15) is 0 Å². The molecule has 1 aromatic carbocycles. The van der Waals surface area contributed by atoms with Crippen LogP contribution in [0.2, 0.25) is 0 Å². The van der Waals surface area contributed by atoms with Crippen LogP contribution < -0.4 is 10.5 Å². The fourth-order valence-electron chi connectivity index (χ4n) is 1.47. The lowest BCUT2D eigenvalue weighted by atomic mass is 9.86. The van der Waals surface area contributed by atoms with E-state index in [0.717, 1.165) is 12.0 Å². The topological polar surface area (TPSA) is 55.5 Å². The number of rotatable bonds is 4. The normalized spacial score (nSPS) is 11.5. The third-order valence-corrected chi connectivity index (χ3v) is 2.48. The maximum Gasteiger partial charge on any atom is 0.160 e. The van der Waals surface area contributed by atoms with Crippen LogP contribution in [0.25, 0.3) is 0 Å². The molecule has 0 aliphatic heterocycles. The Hall–Kier alpha value is -1.22. The standard InChI is InChI=1S/C12H19NO2/c1-12(2,8-13)7-9-4-5-11(15-3)10(14)6-9/h4-6,14H,7-8,13H2,1-3H3. The molecule has 0 unspecified atom stereocenters. The summed E-state index contributed by atoms with van der Waals surface area (Å²) in [7, 11) is 1.54. The summed E-state index contributed by atoms with van der Waals surface area (Å²) in [6.07, 6.45) is 0.848. The van der Waals surface area contributed by atoms with Gasteiger partial charge in [0.25, 0.3) is 0 Å². The Morgan fingerprint density at radius 2 is 2.07 bits per heavy atom. The Morgan fingerprint density at radius 1 is 1.40 bits per heavy atom. The lowest BCUT2D eigenvalue weighted by Gasteiger charge is -2.22. The van der Waals surface area contributed by atoms with Gasteiger partial charge >= 0.3 is 0 Å². The summed E-state index contributed by atoms with van der Waals surface area (Å²) in [5, 5.41) is 9.60. The lowest BCUT2D eigenvalue weighted by Crippen LogP contribution is -2.25. The molecule has 15 heavy (non-hydrogen) atoms. The fraction of sp³-hybridized carbons (Fsp3) is 0.500. The molecule has 0 radical (unpaired) electrons. The van der Waals surface area contributed by atoms with Gasteiger partial charge in [0.15, 0.2) is 11.5 Å². The zero-order valence-electron chi connectivity index (χ0n) is 9.58. The summed E-state index contributed by atoms with van der Waals surface area (Å²) in [6, 6.07) is 5.46. The second-order valence-corrected chi connectivity index (χ2v) is 4.55. The molecule has 3 N–H and O–H groups in total. The van der Waals surface area contributed by atoms with Gasteiger partial charge < -0.3 is 15.6 Å². The van der Waals surface area contributed by atoms with Crippen LogP contribution in [0.1, 0.15) is 19.4 Å². The van der Waals surface area contributed by atoms with E-state index >= 15 is 0 Å². The average molecular weight is 209 g/mol. The smallest absolute Gasteiger partial charge is 0.160 e. The van der Waals surface area contributed by atoms with E-state index in [4.69, 9.17) is 10.5 Å². The molecule has 0 saturated carbocycles. The van der Waals surface area contributed by atoms with E-state index in [0.29, 0.717) is 12.3 Å². The molecule has 0 aliphatic rings. The Balaban J connectivity index is 2.84. The Bertz CT molecular complexity index is 334. The number of hydrogen-bond acceptors (Lipinski definition) is 3. The summed E-state index contributed by atoms with van der Waals surface area (Å²) < 4.78 is 4.98. The van der Waals surface area contributed by atoms with E-state index in [1.54, 1.807) is 19.2 Å². The summed E-state index contributed by atoms with van der Waals surface area (Å²) in [4.78, 5) is 0. The van der Waals surface area contributed by atoms with Gasteiger partial charge in [-0.1, -0.05) is 19.9 Å². The number of phenolic OH excluding ortho intramolecular Hbond substituents is 1. The number of benzene rings is 1. The molecule has 0 heterocycles. The second kappa shape index (κ2) is 4.53. The number of aromatic hydroxyl groups is 1. The molecule has 3 heteroatoms. The van der Waals surface area contributed by atoms with Gasteiger partial charge in [0.1, 0.15) is 0 Å². The van der Waals surface area contributed by atoms with Crippen molar-refractivity contribution in [2.24, 2.45) is 11.1 Å². The molecule has 0 aromatic heterocycles. The van der Waals surface area contributed by atoms with Crippen molar-refractivity contribution in [1.82, 2.24) is 0 Å². The van der Waals surface area contributed by atoms with Crippen molar-refractivity contribution in [3.8, 4) is 11.5 Å². The highest BCUT2D eigenvalue weighted by Gasteiger charge is 2.16. The monoisotopic (exact) mass is 209 g/mol. The van der Waals surface area contributed by atoms with Crippen LogP contribution in [0, 0.1) is 5.41 Å². The zero-order valence-corrected chi connectivity index (χ0v) is 9.58. The molecule has 0 atom stereocenters. The number of nitrogens with two attached hydrogens (primary N) is 1. The largest absolute Gasteiger partial charge is 0.504 e. The molecule has 3 nitrogen and oxygen atoms in total. The van der Waals surface area contributed by atoms with Crippen molar-refractivity contribution in [1.29, 1.82) is 0 Å². The highest BCUT2D eigenvalue weighted by Crippen LogP contribution is 2.29. The van der Waals surface area contributed by atoms with Crippen LogP contribution in [-0.2, 0) is 6.42 Å². The number of hydrogen-bond donors (Lipinski definition) is 2. The van der Waals surface area contributed by atoms with Gasteiger partial charge in [0.05, 0.1) is 7.11 Å². The number of methoxy groups -OCH3 is 1. The minimum atomic E-state index is 0.0566. The second-order valence-electron chi connectivity index (χ2n) is 4.55. The maximum absolute atomic E-state index is 9.60. The predicted octanol–water partition coefficient (Wildman–Crippen LogP) is 1.93. The van der Waals surface area contributed by atoms with E-state index in [-0.39, 0.29) is 11.2 Å². The Labute approximate surface area is 90.9 Å². The van der Waals surface area contributed by atoms with E-state index in [1.807, 2.05) is 6.07 Å². The molecular formula is C12H19NO2. The highest BCUT2D eigenvalue weighted by molar-refractivity contribution is 5.41. The molecule has 0 bridgehead atoms. The molecular weight excluding hydrogens is 190 g/mol. The van der Waals surface area contributed by atoms with Crippen molar-refractivity contribution in [2.75, 3.05) is 13.7 Å². The fourth-order valence-corrected chi connectivity index (χ4v) is 1.47. The average Bonchev–Trinajstić information content (AvgIpc) is 2.17. The molecule has 0 aliphatic carbocycles. The van der Waals surface area contributed by atoms with Crippen molar-refractivity contribution in [2.45, 2.75) is 20.3 Å². The summed E-state index contributed by atoms with van der Waals surface area (Å²) in [6.45, 7) is 4.84. The molecule has 0 amide bonds. The van der Waals surface area contributed by atoms with Crippen LogP contribution in [0.5, 0.6) is 11.5 Å². The van der Waals surface area contributed by atoms with Crippen LogP contribution in [0.4, 0.5) is 0 Å². The first-order valence-electron chi connectivity index (χ1n) is 5.04. The number of ether oxygens (including phenoxy) is 1. The van der Waals surface area contributed by atoms with E-state index in [1.165, 1.54) is 0 Å². The van der Waals surface area contributed by atoms with Gasteiger partial charge in [-0.3, -0.25) is 0 Å². The Morgan fingerprint density at radius 3 is 2.53 bits per heavy atom. The third-order valence-electron chi connectivity index (χ3n) is 2.48. The van der Waals surface area contributed by atoms with Crippen LogP contribution in [-0.4, -0.2) is 18.8 Å². The molecule has 84 valence electrons. The van der Waals surface area contributed by atoms with E-state index in [9.17, 15) is 5.11 Å². The van der Waals surface area contributed by atoms with Gasteiger partial charge in [-0.05, 0) is 36.1 Å². The quantitative estimate of drug-likeness (QED) is 0.796. The van der Waals surface area contributed by atoms with Crippen LogP contribution in [0.15, 0.2) is 18.2 Å². The molecule has 0 saturated heterocycles. The van der Waals surface area contributed by atoms with Crippen LogP contribution in [0.3, 0.4) is 0 Å². The molecule has 0 spiro atoms. The van der Waals surface area contributed by atoms with E-state index < -0.39 is 0 Å². The van der Waals surface area contributed by atoms with Gasteiger partial charge in [-0.25, -0.2) is 0 Å². The van der Waals surface area contributed by atoms with Gasteiger partial charge in [-0.15, -0.1) is 0 Å². The third kappa shape index (κ3) is 3.13. The van der Waals surface area contributed by atoms with Crippen molar-refractivity contribution in [3.05, 3.63) is 23.8 Å². The van der Waals surface area contributed by atoms with Crippen LogP contribution >= 0.6 is 0 Å². The first-order chi connectivity index (χ1) is 6.98. The molecule has 0 fully saturated rings. The summed E-state index contributed by atoms with van der Waals surface area (Å²) >= 11 is 0. The summed E-state index contributed by atoms with van der Waals surface area (Å²) in [5.41, 5.74) is 6.79. The van der Waals surface area contributed by atoms with Crippen molar-refractivity contribution >= 4 is 0 Å². The summed E-state index contributed by atoms with van der Waals surface area (Å²) in [5.74, 6) is 0.687. The molecule has 1 rings (SSSR count). The predicted molar refractivity (Wildman–Crippen MR) is 61.2 cm³/mol. The van der Waals surface area contributed by atoms with Crippen molar-refractivity contribution in [3.63, 3.8) is 0 Å². The Kier molecular flexibility index (Phi) is 3.58. The first kappa shape index (κ1) is 11.9. The molecule has 1 aromatic rings. The minimum absolute atomic E-state index is 0.0566. The SMILES string of the molecule is COc1ccc(CC(C)(C)CN)cc1O. The first-order valence-corrected chi connectivity index (χ1v) is 5.04. The number of phenols is 1.